The molecule has 5 nitrogen and oxygen atoms in total. The smallest absolute Gasteiger partial charge is 0.161 e. The molecule has 0 spiro atoms. The van der Waals surface area contributed by atoms with Crippen LogP contribution in [0, 0.1) is 0 Å². The summed E-state index contributed by atoms with van der Waals surface area (Å²) in [7, 11) is 0. The Morgan fingerprint density at radius 2 is 1.81 bits per heavy atom. The number of morpholine rings is 1. The lowest BCUT2D eigenvalue weighted by atomic mass is 10.0. The van der Waals surface area contributed by atoms with Gasteiger partial charge in [0.2, 0.25) is 0 Å². The molecule has 0 amide bonds. The second kappa shape index (κ2) is 5.48. The van der Waals surface area contributed by atoms with Crippen molar-refractivity contribution in [3.05, 3.63) is 23.8 Å². The Kier molecular flexibility index (Phi) is 3.49. The fourth-order valence-electron chi connectivity index (χ4n) is 3.66. The van der Waals surface area contributed by atoms with Gasteiger partial charge in [0.25, 0.3) is 0 Å². The number of rotatable bonds is 3. The van der Waals surface area contributed by atoms with Crippen LogP contribution in [0.1, 0.15) is 24.4 Å². The summed E-state index contributed by atoms with van der Waals surface area (Å²) in [5, 5.41) is 0. The van der Waals surface area contributed by atoms with E-state index in [-0.39, 0.29) is 6.04 Å². The van der Waals surface area contributed by atoms with Crippen LogP contribution in [0.25, 0.3) is 0 Å². The molecule has 5 heteroatoms. The van der Waals surface area contributed by atoms with Crippen LogP contribution < -0.4 is 15.2 Å². The first-order valence-electron chi connectivity index (χ1n) is 7.82. The van der Waals surface area contributed by atoms with Gasteiger partial charge in [-0.2, -0.15) is 0 Å². The molecule has 3 atom stereocenters. The van der Waals surface area contributed by atoms with Crippen molar-refractivity contribution in [3.8, 4) is 11.5 Å². The molecule has 3 aliphatic rings. The predicted molar refractivity (Wildman–Crippen MR) is 78.7 cm³/mol. The maximum atomic E-state index is 6.07. The first-order valence-corrected chi connectivity index (χ1v) is 7.82. The summed E-state index contributed by atoms with van der Waals surface area (Å²) >= 11 is 0. The highest BCUT2D eigenvalue weighted by molar-refractivity contribution is 5.44. The Balaban J connectivity index is 1.58. The van der Waals surface area contributed by atoms with Gasteiger partial charge in [-0.1, -0.05) is 6.07 Å². The SMILES string of the molecule is NCC(c1ccc2c(c1)OCCO2)N1CC2CCC(C1)O2. The Morgan fingerprint density at radius 3 is 2.52 bits per heavy atom. The highest BCUT2D eigenvalue weighted by Crippen LogP contribution is 2.36. The van der Waals surface area contributed by atoms with Crippen molar-refractivity contribution in [1.82, 2.24) is 4.90 Å². The van der Waals surface area contributed by atoms with Crippen LogP contribution in [0.3, 0.4) is 0 Å². The second-order valence-corrected chi connectivity index (χ2v) is 6.07. The molecule has 0 radical (unpaired) electrons. The van der Waals surface area contributed by atoms with Crippen molar-refractivity contribution in [1.29, 1.82) is 0 Å². The molecule has 114 valence electrons. The monoisotopic (exact) mass is 290 g/mol. The van der Waals surface area contributed by atoms with Crippen molar-refractivity contribution < 1.29 is 14.2 Å². The Morgan fingerprint density at radius 1 is 1.10 bits per heavy atom. The largest absolute Gasteiger partial charge is 0.486 e. The maximum absolute atomic E-state index is 6.07. The number of likely N-dealkylation sites (tertiary alicyclic amines) is 1. The molecular weight excluding hydrogens is 268 g/mol. The molecule has 4 rings (SSSR count). The first kappa shape index (κ1) is 13.4. The van der Waals surface area contributed by atoms with Crippen LogP contribution in [-0.2, 0) is 4.74 Å². The van der Waals surface area contributed by atoms with Gasteiger partial charge >= 0.3 is 0 Å². The molecule has 3 unspecified atom stereocenters. The minimum absolute atomic E-state index is 0.229. The van der Waals surface area contributed by atoms with Crippen molar-refractivity contribution in [2.24, 2.45) is 5.73 Å². The van der Waals surface area contributed by atoms with Gasteiger partial charge in [0, 0.05) is 25.7 Å². The van der Waals surface area contributed by atoms with Gasteiger partial charge in [-0.05, 0) is 30.5 Å². The van der Waals surface area contributed by atoms with E-state index in [1.54, 1.807) is 0 Å². The van der Waals surface area contributed by atoms with E-state index >= 15 is 0 Å². The summed E-state index contributed by atoms with van der Waals surface area (Å²) < 4.78 is 17.2. The van der Waals surface area contributed by atoms with Crippen LogP contribution in [0.4, 0.5) is 0 Å². The molecule has 2 saturated heterocycles. The van der Waals surface area contributed by atoms with Crippen LogP contribution in [0.5, 0.6) is 11.5 Å². The zero-order valence-corrected chi connectivity index (χ0v) is 12.2. The first-order chi connectivity index (χ1) is 10.3. The van der Waals surface area contributed by atoms with E-state index in [4.69, 9.17) is 19.9 Å². The number of hydrogen-bond acceptors (Lipinski definition) is 5. The topological polar surface area (TPSA) is 57.0 Å². The van der Waals surface area contributed by atoms with Gasteiger partial charge in [-0.25, -0.2) is 0 Å². The molecule has 1 aromatic rings. The van der Waals surface area contributed by atoms with Gasteiger partial charge < -0.3 is 19.9 Å². The van der Waals surface area contributed by atoms with E-state index in [1.807, 2.05) is 6.07 Å². The third-order valence-electron chi connectivity index (χ3n) is 4.69. The lowest BCUT2D eigenvalue weighted by Gasteiger charge is -2.38. The Hall–Kier alpha value is -1.30. The number of ether oxygens (including phenoxy) is 3. The highest BCUT2D eigenvalue weighted by Gasteiger charge is 2.36. The molecule has 2 fully saturated rings. The summed E-state index contributed by atoms with van der Waals surface area (Å²) in [5.41, 5.74) is 7.28. The summed E-state index contributed by atoms with van der Waals surface area (Å²) in [4.78, 5) is 2.47. The van der Waals surface area contributed by atoms with Gasteiger partial charge in [0.1, 0.15) is 13.2 Å². The molecule has 3 heterocycles. The van der Waals surface area contributed by atoms with Crippen molar-refractivity contribution >= 4 is 0 Å². The Bertz CT molecular complexity index is 510. The number of nitrogens with zero attached hydrogens (tertiary/aromatic N) is 1. The molecule has 0 aliphatic carbocycles. The van der Waals surface area contributed by atoms with Crippen molar-refractivity contribution in [2.75, 3.05) is 32.8 Å². The lowest BCUT2D eigenvalue weighted by Crippen LogP contribution is -2.46. The average molecular weight is 290 g/mol. The van der Waals surface area contributed by atoms with E-state index in [1.165, 1.54) is 18.4 Å². The van der Waals surface area contributed by atoms with E-state index in [2.05, 4.69) is 17.0 Å². The third-order valence-corrected chi connectivity index (χ3v) is 4.69. The predicted octanol–water partition coefficient (Wildman–Crippen LogP) is 1.32. The van der Waals surface area contributed by atoms with E-state index in [0.29, 0.717) is 32.0 Å². The maximum Gasteiger partial charge on any atom is 0.161 e. The zero-order valence-electron chi connectivity index (χ0n) is 12.2. The van der Waals surface area contributed by atoms with Gasteiger partial charge in [-0.15, -0.1) is 0 Å². The van der Waals surface area contributed by atoms with Gasteiger partial charge in [0.05, 0.1) is 12.2 Å². The minimum Gasteiger partial charge on any atom is -0.486 e. The zero-order chi connectivity index (χ0) is 14.2. The molecule has 0 aromatic heterocycles. The van der Waals surface area contributed by atoms with Crippen LogP contribution in [0.2, 0.25) is 0 Å². The fraction of sp³-hybridized carbons (Fsp3) is 0.625. The molecule has 2 N–H and O–H groups in total. The van der Waals surface area contributed by atoms with Crippen molar-refractivity contribution in [2.45, 2.75) is 31.1 Å². The van der Waals surface area contributed by atoms with Gasteiger partial charge in [-0.3, -0.25) is 4.90 Å². The quantitative estimate of drug-likeness (QED) is 0.910. The summed E-state index contributed by atoms with van der Waals surface area (Å²) in [6.45, 7) is 3.81. The normalized spacial score (nSPS) is 29.4. The summed E-state index contributed by atoms with van der Waals surface area (Å²) in [6, 6.07) is 6.43. The van der Waals surface area contributed by atoms with Gasteiger partial charge in [0.15, 0.2) is 11.5 Å². The molecule has 21 heavy (non-hydrogen) atoms. The lowest BCUT2D eigenvalue weighted by molar-refractivity contribution is -0.0521. The molecule has 2 bridgehead atoms. The fourth-order valence-corrected chi connectivity index (χ4v) is 3.66. The van der Waals surface area contributed by atoms with Crippen molar-refractivity contribution in [3.63, 3.8) is 0 Å². The van der Waals surface area contributed by atoms with E-state index in [0.717, 1.165) is 24.6 Å². The second-order valence-electron chi connectivity index (χ2n) is 6.07. The number of hydrogen-bond donors (Lipinski definition) is 1. The third kappa shape index (κ3) is 2.50. The highest BCUT2D eigenvalue weighted by atomic mass is 16.6. The van der Waals surface area contributed by atoms with Crippen LogP contribution in [0.15, 0.2) is 18.2 Å². The summed E-state index contributed by atoms with van der Waals surface area (Å²) in [5.74, 6) is 1.68. The van der Waals surface area contributed by atoms with E-state index in [9.17, 15) is 0 Å². The molecule has 0 saturated carbocycles. The summed E-state index contributed by atoms with van der Waals surface area (Å²) in [6.07, 6.45) is 3.13. The number of nitrogens with two attached hydrogens (primary N) is 1. The minimum atomic E-state index is 0.229. The Labute approximate surface area is 125 Å². The number of benzene rings is 1. The standard InChI is InChI=1S/C16H22N2O3/c17-8-14(18-9-12-2-3-13(10-18)21-12)11-1-4-15-16(7-11)20-6-5-19-15/h1,4,7,12-14H,2-3,5-6,8-10,17H2. The van der Waals surface area contributed by atoms with Crippen LogP contribution in [-0.4, -0.2) is 50.0 Å². The molecule has 1 aromatic carbocycles. The molecule has 3 aliphatic heterocycles. The molecular formula is C16H22N2O3. The van der Waals surface area contributed by atoms with E-state index < -0.39 is 0 Å². The van der Waals surface area contributed by atoms with Crippen LogP contribution >= 0.6 is 0 Å². The average Bonchev–Trinajstić information content (AvgIpc) is 2.86. The number of fused-ring (bicyclic) bond motifs is 3.